The molecule has 0 aliphatic heterocycles. The molecule has 0 atom stereocenters. The van der Waals surface area contributed by atoms with E-state index in [-0.39, 0.29) is 30.3 Å². The Morgan fingerprint density at radius 1 is 0.867 bits per heavy atom. The van der Waals surface area contributed by atoms with Crippen LogP contribution in [0.3, 0.4) is 0 Å². The van der Waals surface area contributed by atoms with Crippen molar-refractivity contribution in [2.45, 2.75) is 18.8 Å². The van der Waals surface area contributed by atoms with Gasteiger partial charge in [0, 0.05) is 18.2 Å². The van der Waals surface area contributed by atoms with Gasteiger partial charge in [-0.1, -0.05) is 29.8 Å². The Morgan fingerprint density at radius 2 is 1.60 bits per heavy atom. The van der Waals surface area contributed by atoms with Gasteiger partial charge in [0.2, 0.25) is 0 Å². The highest BCUT2D eigenvalue weighted by Gasteiger charge is 2.33. The Balaban J connectivity index is 0.00000320. The van der Waals surface area contributed by atoms with E-state index in [4.69, 9.17) is 11.6 Å². The van der Waals surface area contributed by atoms with E-state index in [9.17, 15) is 26.3 Å². The van der Waals surface area contributed by atoms with E-state index in [0.717, 1.165) is 24.3 Å². The lowest BCUT2D eigenvalue weighted by atomic mass is 10.1. The van der Waals surface area contributed by atoms with Crippen molar-refractivity contribution in [3.63, 3.8) is 0 Å². The van der Waals surface area contributed by atoms with Crippen LogP contribution in [0.15, 0.2) is 54.9 Å². The van der Waals surface area contributed by atoms with Crippen LogP contribution in [0.2, 0.25) is 5.02 Å². The summed E-state index contributed by atoms with van der Waals surface area (Å²) in [5.41, 5.74) is -0.890. The van der Waals surface area contributed by atoms with Crippen LogP contribution in [0, 0.1) is 0 Å². The number of nitrogens with zero attached hydrogens (tertiary/aromatic N) is 2. The maximum absolute atomic E-state index is 13.0. The summed E-state index contributed by atoms with van der Waals surface area (Å²) in [5.74, 6) is 0.192. The van der Waals surface area contributed by atoms with Crippen molar-refractivity contribution >= 4 is 35.5 Å². The highest BCUT2D eigenvalue weighted by molar-refractivity contribution is 6.31. The molecule has 0 saturated heterocycles. The fraction of sp³-hybridized carbons (Fsp3) is 0.158. The molecule has 0 spiro atoms. The molecule has 0 fully saturated rings. The summed E-state index contributed by atoms with van der Waals surface area (Å²) in [6, 6.07) is 9.56. The first kappa shape index (κ1) is 23.8. The molecule has 1 N–H and O–H groups in total. The molecule has 0 aliphatic carbocycles. The summed E-state index contributed by atoms with van der Waals surface area (Å²) in [6.45, 7) is 0. The zero-order chi connectivity index (χ0) is 21.2. The number of hydrogen-bond acceptors (Lipinski definition) is 3. The van der Waals surface area contributed by atoms with Gasteiger partial charge in [0.15, 0.2) is 0 Å². The van der Waals surface area contributed by atoms with Crippen LogP contribution in [-0.2, 0) is 18.8 Å². The van der Waals surface area contributed by atoms with Crippen LogP contribution in [0.5, 0.6) is 0 Å². The molecule has 30 heavy (non-hydrogen) atoms. The molecule has 3 aromatic rings. The summed E-state index contributed by atoms with van der Waals surface area (Å²) in [6.07, 6.45) is -7.81. The maximum atomic E-state index is 13.0. The first-order chi connectivity index (χ1) is 13.5. The second kappa shape index (κ2) is 9.09. The van der Waals surface area contributed by atoms with Crippen LogP contribution < -0.4 is 5.32 Å². The Bertz CT molecular complexity index is 1020. The number of hydrogen-bond donors (Lipinski definition) is 1. The van der Waals surface area contributed by atoms with Crippen molar-refractivity contribution in [2.75, 3.05) is 5.32 Å². The van der Waals surface area contributed by atoms with E-state index in [0.29, 0.717) is 11.3 Å². The second-order valence-corrected chi connectivity index (χ2v) is 6.49. The SMILES string of the molecule is Cl.FC(F)(F)c1cccc(Cc2cc(Nc3ccc(Cl)c(C(F)(F)F)c3)ncn2)c1. The van der Waals surface area contributed by atoms with Gasteiger partial charge in [-0.2, -0.15) is 26.3 Å². The van der Waals surface area contributed by atoms with Crippen molar-refractivity contribution in [3.05, 3.63) is 82.3 Å². The molecular formula is C19H13Cl2F6N3. The zero-order valence-electron chi connectivity index (χ0n) is 14.9. The van der Waals surface area contributed by atoms with Crippen molar-refractivity contribution < 1.29 is 26.3 Å². The summed E-state index contributed by atoms with van der Waals surface area (Å²) >= 11 is 5.59. The highest BCUT2D eigenvalue weighted by atomic mass is 35.5. The minimum atomic E-state index is -4.62. The average Bonchev–Trinajstić information content (AvgIpc) is 2.62. The molecule has 0 unspecified atom stereocenters. The molecule has 0 radical (unpaired) electrons. The molecule has 3 nitrogen and oxygen atoms in total. The summed E-state index contributed by atoms with van der Waals surface area (Å²) in [7, 11) is 0. The maximum Gasteiger partial charge on any atom is 0.417 e. The minimum absolute atomic E-state index is 0. The largest absolute Gasteiger partial charge is 0.417 e. The van der Waals surface area contributed by atoms with Crippen LogP contribution in [-0.4, -0.2) is 9.97 Å². The van der Waals surface area contributed by atoms with Crippen LogP contribution in [0.4, 0.5) is 37.8 Å². The number of aromatic nitrogens is 2. The van der Waals surface area contributed by atoms with E-state index >= 15 is 0 Å². The summed E-state index contributed by atoms with van der Waals surface area (Å²) < 4.78 is 77.4. The summed E-state index contributed by atoms with van der Waals surface area (Å²) in [5, 5.41) is 2.28. The molecule has 0 saturated carbocycles. The van der Waals surface area contributed by atoms with E-state index in [2.05, 4.69) is 15.3 Å². The van der Waals surface area contributed by atoms with Crippen molar-refractivity contribution in [1.82, 2.24) is 9.97 Å². The van der Waals surface area contributed by atoms with Gasteiger partial charge in [-0.25, -0.2) is 9.97 Å². The van der Waals surface area contributed by atoms with Gasteiger partial charge in [0.25, 0.3) is 0 Å². The highest BCUT2D eigenvalue weighted by Crippen LogP contribution is 2.36. The van der Waals surface area contributed by atoms with Crippen molar-refractivity contribution in [1.29, 1.82) is 0 Å². The van der Waals surface area contributed by atoms with Crippen LogP contribution >= 0.6 is 24.0 Å². The first-order valence-corrected chi connectivity index (χ1v) is 8.51. The van der Waals surface area contributed by atoms with Crippen LogP contribution in [0.1, 0.15) is 22.4 Å². The molecule has 11 heteroatoms. The Morgan fingerprint density at radius 3 is 2.27 bits per heavy atom. The number of benzene rings is 2. The molecule has 1 heterocycles. The van der Waals surface area contributed by atoms with E-state index in [1.54, 1.807) is 0 Å². The van der Waals surface area contributed by atoms with Crippen molar-refractivity contribution in [2.24, 2.45) is 0 Å². The number of rotatable bonds is 4. The zero-order valence-corrected chi connectivity index (χ0v) is 16.4. The van der Waals surface area contributed by atoms with Crippen LogP contribution in [0.25, 0.3) is 0 Å². The normalized spacial score (nSPS) is 11.7. The topological polar surface area (TPSA) is 37.8 Å². The van der Waals surface area contributed by atoms with Crippen molar-refractivity contribution in [3.8, 4) is 0 Å². The Kier molecular flexibility index (Phi) is 7.20. The molecule has 2 aromatic carbocycles. The first-order valence-electron chi connectivity index (χ1n) is 8.13. The molecule has 0 amide bonds. The predicted octanol–water partition coefficient (Wildman–Crippen LogP) is 6.92. The monoisotopic (exact) mass is 467 g/mol. The van der Waals surface area contributed by atoms with Gasteiger partial charge in [0.05, 0.1) is 21.8 Å². The Hall–Kier alpha value is -2.52. The van der Waals surface area contributed by atoms with E-state index < -0.39 is 28.5 Å². The van der Waals surface area contributed by atoms with Gasteiger partial charge < -0.3 is 5.32 Å². The molecular weight excluding hydrogens is 455 g/mol. The van der Waals surface area contributed by atoms with Gasteiger partial charge in [-0.15, -0.1) is 12.4 Å². The quantitative estimate of drug-likeness (QED) is 0.423. The van der Waals surface area contributed by atoms with E-state index in [1.165, 1.54) is 30.6 Å². The lowest BCUT2D eigenvalue weighted by Crippen LogP contribution is -2.07. The summed E-state index contributed by atoms with van der Waals surface area (Å²) in [4.78, 5) is 7.94. The smallest absolute Gasteiger partial charge is 0.340 e. The van der Waals surface area contributed by atoms with Gasteiger partial charge >= 0.3 is 12.4 Å². The van der Waals surface area contributed by atoms with Gasteiger partial charge in [-0.3, -0.25) is 0 Å². The molecule has 160 valence electrons. The third-order valence-corrected chi connectivity index (χ3v) is 4.24. The molecule has 0 aliphatic rings. The third-order valence-electron chi connectivity index (χ3n) is 3.91. The number of anilines is 2. The van der Waals surface area contributed by atoms with E-state index in [1.807, 2.05) is 0 Å². The van der Waals surface area contributed by atoms with Gasteiger partial charge in [0.1, 0.15) is 12.1 Å². The second-order valence-electron chi connectivity index (χ2n) is 6.09. The fourth-order valence-corrected chi connectivity index (χ4v) is 2.82. The number of nitrogens with one attached hydrogen (secondary N) is 1. The number of halogens is 8. The third kappa shape index (κ3) is 5.99. The lowest BCUT2D eigenvalue weighted by molar-refractivity contribution is -0.138. The fourth-order valence-electron chi connectivity index (χ4n) is 2.60. The molecule has 0 bridgehead atoms. The lowest BCUT2D eigenvalue weighted by Gasteiger charge is -2.12. The average molecular weight is 468 g/mol. The Labute approximate surface area is 178 Å². The number of alkyl halides is 6. The molecule has 1 aromatic heterocycles. The van der Waals surface area contributed by atoms with Gasteiger partial charge in [-0.05, 0) is 29.8 Å². The minimum Gasteiger partial charge on any atom is -0.340 e. The standard InChI is InChI=1S/C19H12ClF6N3.ClH/c20-16-5-4-13(8-15(16)19(24,25)26)29-17-9-14(27-10-28-17)7-11-2-1-3-12(6-11)18(21,22)23;/h1-6,8-10H,7H2,(H,27,28,29);1H. The molecule has 3 rings (SSSR count). The predicted molar refractivity (Wildman–Crippen MR) is 103 cm³/mol.